The van der Waals surface area contributed by atoms with Crippen LogP contribution in [0.25, 0.3) is 5.69 Å². The summed E-state index contributed by atoms with van der Waals surface area (Å²) in [5.41, 5.74) is 1.20. The van der Waals surface area contributed by atoms with E-state index in [9.17, 15) is 9.59 Å². The Labute approximate surface area is 131 Å². The summed E-state index contributed by atoms with van der Waals surface area (Å²) in [6, 6.07) is 7.15. The lowest BCUT2D eigenvalue weighted by Crippen LogP contribution is -2.29. The molecule has 1 aliphatic rings. The molecule has 114 valence electrons. The summed E-state index contributed by atoms with van der Waals surface area (Å²) in [5.74, 6) is -1.53. The molecule has 1 saturated heterocycles. The molecule has 1 aromatic heterocycles. The number of aromatic nitrogens is 2. The average Bonchev–Trinajstić information content (AvgIpc) is 3.16. The lowest BCUT2D eigenvalue weighted by molar-refractivity contribution is -0.141. The standard InChI is InChI=1S/C15H14ClN3O3/c16-12-2-1-3-13(6-12)19-9-11(7-17-19)14(20)18-5-4-10(8-18)15(21)22/h1-3,6-7,9-10H,4-5,8H2,(H,21,22)/t10-/m0/s1. The van der Waals surface area contributed by atoms with Crippen molar-refractivity contribution < 1.29 is 14.7 Å². The maximum absolute atomic E-state index is 12.4. The maximum Gasteiger partial charge on any atom is 0.308 e. The Hall–Kier alpha value is -2.34. The van der Waals surface area contributed by atoms with Crippen molar-refractivity contribution in [1.29, 1.82) is 0 Å². The Bertz CT molecular complexity index is 728. The van der Waals surface area contributed by atoms with Crippen LogP contribution in [0.4, 0.5) is 0 Å². The van der Waals surface area contributed by atoms with Crippen LogP contribution in [0.1, 0.15) is 16.8 Å². The van der Waals surface area contributed by atoms with Crippen LogP contribution in [0.3, 0.4) is 0 Å². The van der Waals surface area contributed by atoms with Crippen molar-refractivity contribution in [2.45, 2.75) is 6.42 Å². The second-order valence-corrected chi connectivity index (χ2v) is 5.66. The first kappa shape index (κ1) is 14.6. The third kappa shape index (κ3) is 2.82. The molecule has 0 bridgehead atoms. The van der Waals surface area contributed by atoms with Crippen LogP contribution in [0.15, 0.2) is 36.7 Å². The number of rotatable bonds is 3. The van der Waals surface area contributed by atoms with Gasteiger partial charge in [0.2, 0.25) is 0 Å². The smallest absolute Gasteiger partial charge is 0.308 e. The Morgan fingerprint density at radius 2 is 2.18 bits per heavy atom. The van der Waals surface area contributed by atoms with Crippen LogP contribution in [0.2, 0.25) is 5.02 Å². The Morgan fingerprint density at radius 3 is 2.86 bits per heavy atom. The summed E-state index contributed by atoms with van der Waals surface area (Å²) in [6.07, 6.45) is 3.60. The van der Waals surface area contributed by atoms with Gasteiger partial charge in [-0.2, -0.15) is 5.10 Å². The highest BCUT2D eigenvalue weighted by molar-refractivity contribution is 6.30. The largest absolute Gasteiger partial charge is 0.481 e. The molecule has 1 aliphatic heterocycles. The first-order valence-corrected chi connectivity index (χ1v) is 7.25. The number of carboxylic acids is 1. The Morgan fingerprint density at radius 1 is 1.36 bits per heavy atom. The van der Waals surface area contributed by atoms with Crippen molar-refractivity contribution in [1.82, 2.24) is 14.7 Å². The van der Waals surface area contributed by atoms with Crippen LogP contribution in [-0.2, 0) is 4.79 Å². The molecule has 1 N–H and O–H groups in total. The molecule has 3 rings (SSSR count). The molecule has 1 amide bonds. The van der Waals surface area contributed by atoms with Crippen molar-refractivity contribution in [3.8, 4) is 5.69 Å². The molecular weight excluding hydrogens is 306 g/mol. The summed E-state index contributed by atoms with van der Waals surface area (Å²) < 4.78 is 1.57. The van der Waals surface area contributed by atoms with E-state index in [0.29, 0.717) is 23.6 Å². The highest BCUT2D eigenvalue weighted by Crippen LogP contribution is 2.20. The van der Waals surface area contributed by atoms with E-state index in [1.165, 1.54) is 6.20 Å². The SMILES string of the molecule is O=C(O)[C@H]1CCN(C(=O)c2cnn(-c3cccc(Cl)c3)c2)C1. The molecular formula is C15H14ClN3O3. The van der Waals surface area contributed by atoms with Gasteiger partial charge in [-0.3, -0.25) is 9.59 Å². The molecule has 22 heavy (non-hydrogen) atoms. The molecule has 2 aromatic rings. The van der Waals surface area contributed by atoms with E-state index in [1.54, 1.807) is 34.0 Å². The second-order valence-electron chi connectivity index (χ2n) is 5.23. The molecule has 0 spiro atoms. The maximum atomic E-state index is 12.4. The number of hydrogen-bond donors (Lipinski definition) is 1. The van der Waals surface area contributed by atoms with Gasteiger partial charge in [-0.25, -0.2) is 4.68 Å². The zero-order valence-electron chi connectivity index (χ0n) is 11.6. The van der Waals surface area contributed by atoms with E-state index in [1.807, 2.05) is 6.07 Å². The fourth-order valence-corrected chi connectivity index (χ4v) is 2.71. The van der Waals surface area contributed by atoms with Crippen molar-refractivity contribution in [3.05, 3.63) is 47.2 Å². The number of amides is 1. The fourth-order valence-electron chi connectivity index (χ4n) is 2.52. The van der Waals surface area contributed by atoms with Gasteiger partial charge in [-0.15, -0.1) is 0 Å². The molecule has 7 heteroatoms. The van der Waals surface area contributed by atoms with E-state index in [-0.39, 0.29) is 12.5 Å². The van der Waals surface area contributed by atoms with Gasteiger partial charge in [0.25, 0.3) is 5.91 Å². The van der Waals surface area contributed by atoms with Gasteiger partial charge in [0.05, 0.1) is 23.4 Å². The topological polar surface area (TPSA) is 75.4 Å². The first-order valence-electron chi connectivity index (χ1n) is 6.87. The zero-order chi connectivity index (χ0) is 15.7. The molecule has 0 aliphatic carbocycles. The van der Waals surface area contributed by atoms with E-state index >= 15 is 0 Å². The molecule has 6 nitrogen and oxygen atoms in total. The van der Waals surface area contributed by atoms with Crippen LogP contribution in [-0.4, -0.2) is 44.8 Å². The minimum atomic E-state index is -0.857. The summed E-state index contributed by atoms with van der Waals surface area (Å²) in [7, 11) is 0. The molecule has 1 aromatic carbocycles. The number of benzene rings is 1. The molecule has 1 atom stereocenters. The molecule has 0 radical (unpaired) electrons. The zero-order valence-corrected chi connectivity index (χ0v) is 12.4. The lowest BCUT2D eigenvalue weighted by atomic mass is 10.1. The molecule has 0 saturated carbocycles. The molecule has 0 unspecified atom stereocenters. The molecule has 1 fully saturated rings. The monoisotopic (exact) mass is 319 g/mol. The number of carbonyl (C=O) groups is 2. The number of carbonyl (C=O) groups excluding carboxylic acids is 1. The van der Waals surface area contributed by atoms with Gasteiger partial charge < -0.3 is 10.0 Å². The number of halogens is 1. The summed E-state index contributed by atoms with van der Waals surface area (Å²) in [4.78, 5) is 24.9. The normalized spacial score (nSPS) is 17.7. The van der Waals surface area contributed by atoms with Crippen molar-refractivity contribution >= 4 is 23.5 Å². The quantitative estimate of drug-likeness (QED) is 0.939. The first-order chi connectivity index (χ1) is 10.5. The highest BCUT2D eigenvalue weighted by atomic mass is 35.5. The van der Waals surface area contributed by atoms with Crippen LogP contribution < -0.4 is 0 Å². The fraction of sp³-hybridized carbons (Fsp3) is 0.267. The van der Waals surface area contributed by atoms with Crippen molar-refractivity contribution in [2.75, 3.05) is 13.1 Å². The second kappa shape index (κ2) is 5.81. The Kier molecular flexibility index (Phi) is 3.85. The van der Waals surface area contributed by atoms with E-state index < -0.39 is 11.9 Å². The van der Waals surface area contributed by atoms with Crippen molar-refractivity contribution in [3.63, 3.8) is 0 Å². The number of hydrogen-bond acceptors (Lipinski definition) is 3. The predicted molar refractivity (Wildman–Crippen MR) is 80.2 cm³/mol. The Balaban J connectivity index is 1.77. The summed E-state index contributed by atoms with van der Waals surface area (Å²) >= 11 is 5.94. The average molecular weight is 320 g/mol. The number of likely N-dealkylation sites (tertiary alicyclic amines) is 1. The van der Waals surface area contributed by atoms with Crippen molar-refractivity contribution in [2.24, 2.45) is 5.92 Å². The minimum Gasteiger partial charge on any atom is -0.481 e. The molecule has 2 heterocycles. The van der Waals surface area contributed by atoms with Gasteiger partial charge in [-0.05, 0) is 24.6 Å². The van der Waals surface area contributed by atoms with Gasteiger partial charge in [0, 0.05) is 24.3 Å². The van der Waals surface area contributed by atoms with Gasteiger partial charge >= 0.3 is 5.97 Å². The number of carboxylic acid groups (broad SMARTS) is 1. The third-order valence-electron chi connectivity index (χ3n) is 3.73. The van der Waals surface area contributed by atoms with E-state index in [4.69, 9.17) is 16.7 Å². The lowest BCUT2D eigenvalue weighted by Gasteiger charge is -2.14. The summed E-state index contributed by atoms with van der Waals surface area (Å²) in [6.45, 7) is 0.703. The van der Waals surface area contributed by atoms with E-state index in [2.05, 4.69) is 5.10 Å². The van der Waals surface area contributed by atoms with Gasteiger partial charge in [-0.1, -0.05) is 17.7 Å². The van der Waals surface area contributed by atoms with Gasteiger partial charge in [0.15, 0.2) is 0 Å². The van der Waals surface area contributed by atoms with Gasteiger partial charge in [0.1, 0.15) is 0 Å². The third-order valence-corrected chi connectivity index (χ3v) is 3.96. The van der Waals surface area contributed by atoms with E-state index in [0.717, 1.165) is 5.69 Å². The predicted octanol–water partition coefficient (Wildman–Crippen LogP) is 2.07. The number of nitrogens with zero attached hydrogens (tertiary/aromatic N) is 3. The van der Waals surface area contributed by atoms with Crippen LogP contribution >= 0.6 is 11.6 Å². The summed E-state index contributed by atoms with van der Waals surface area (Å²) in [5, 5.41) is 13.8. The highest BCUT2D eigenvalue weighted by Gasteiger charge is 2.31. The van der Waals surface area contributed by atoms with Crippen LogP contribution in [0.5, 0.6) is 0 Å². The van der Waals surface area contributed by atoms with Crippen LogP contribution in [0, 0.1) is 5.92 Å². The minimum absolute atomic E-state index is 0.197. The number of aliphatic carboxylic acids is 1.